The molecule has 0 saturated carbocycles. The normalized spacial score (nSPS) is 10.3. The van der Waals surface area contributed by atoms with Crippen LogP contribution in [-0.2, 0) is 0 Å². The fourth-order valence-electron chi connectivity index (χ4n) is 2.40. The first-order chi connectivity index (χ1) is 10.8. The lowest BCUT2D eigenvalue weighted by Crippen LogP contribution is -2.09. The van der Waals surface area contributed by atoms with Gasteiger partial charge in [0.05, 0.1) is 12.8 Å². The molecular formula is C19H16BrNO. The number of halogens is 1. The first-order valence-corrected chi connectivity index (χ1v) is 7.82. The summed E-state index contributed by atoms with van der Waals surface area (Å²) in [4.78, 5) is 2.20. The molecule has 22 heavy (non-hydrogen) atoms. The Labute approximate surface area is 139 Å². The number of para-hydroxylation sites is 2. The van der Waals surface area contributed by atoms with E-state index in [-0.39, 0.29) is 0 Å². The lowest BCUT2D eigenvalue weighted by atomic mass is 10.2. The molecule has 0 aromatic heterocycles. The molecule has 0 unspecified atom stereocenters. The van der Waals surface area contributed by atoms with Gasteiger partial charge < -0.3 is 9.64 Å². The minimum Gasteiger partial charge on any atom is -0.497 e. The van der Waals surface area contributed by atoms with Crippen LogP contribution in [0.4, 0.5) is 17.1 Å². The predicted octanol–water partition coefficient (Wildman–Crippen LogP) is 5.93. The zero-order valence-electron chi connectivity index (χ0n) is 12.2. The van der Waals surface area contributed by atoms with Crippen LogP contribution in [0.3, 0.4) is 0 Å². The molecule has 0 amide bonds. The monoisotopic (exact) mass is 353 g/mol. The van der Waals surface area contributed by atoms with Gasteiger partial charge in [0.15, 0.2) is 0 Å². The number of nitrogens with zero attached hydrogens (tertiary/aromatic N) is 1. The van der Waals surface area contributed by atoms with Crippen molar-refractivity contribution in [3.63, 3.8) is 0 Å². The minimum atomic E-state index is 0.821. The van der Waals surface area contributed by atoms with Gasteiger partial charge in [-0.15, -0.1) is 0 Å². The maximum Gasteiger partial charge on any atom is 0.122 e. The van der Waals surface area contributed by atoms with Crippen molar-refractivity contribution < 1.29 is 4.74 Å². The molecule has 0 aliphatic rings. The largest absolute Gasteiger partial charge is 0.497 e. The summed E-state index contributed by atoms with van der Waals surface area (Å²) >= 11 is 3.56. The van der Waals surface area contributed by atoms with E-state index in [4.69, 9.17) is 4.74 Å². The smallest absolute Gasteiger partial charge is 0.122 e. The van der Waals surface area contributed by atoms with Gasteiger partial charge in [-0.05, 0) is 36.4 Å². The molecule has 0 radical (unpaired) electrons. The molecule has 0 atom stereocenters. The Balaban J connectivity index is 2.16. The first-order valence-electron chi connectivity index (χ1n) is 7.03. The van der Waals surface area contributed by atoms with E-state index in [9.17, 15) is 0 Å². The van der Waals surface area contributed by atoms with Crippen LogP contribution in [0.2, 0.25) is 0 Å². The second-order valence-electron chi connectivity index (χ2n) is 4.86. The van der Waals surface area contributed by atoms with Crippen molar-refractivity contribution in [2.45, 2.75) is 0 Å². The van der Waals surface area contributed by atoms with Gasteiger partial charge in [-0.25, -0.2) is 0 Å². The van der Waals surface area contributed by atoms with E-state index in [1.54, 1.807) is 7.11 Å². The third-order valence-electron chi connectivity index (χ3n) is 3.38. The van der Waals surface area contributed by atoms with Gasteiger partial charge >= 0.3 is 0 Å². The van der Waals surface area contributed by atoms with Crippen LogP contribution in [0.25, 0.3) is 0 Å². The quantitative estimate of drug-likeness (QED) is 0.576. The standard InChI is InChI=1S/C19H16BrNO/c1-22-19-13-15(20)12-18(14-19)21(16-8-4-2-5-9-16)17-10-6-3-7-11-17/h2-14H,1H3. The van der Waals surface area contributed by atoms with E-state index in [2.05, 4.69) is 51.2 Å². The Morgan fingerprint density at radius 3 is 1.77 bits per heavy atom. The third-order valence-corrected chi connectivity index (χ3v) is 3.84. The van der Waals surface area contributed by atoms with E-state index >= 15 is 0 Å². The summed E-state index contributed by atoms with van der Waals surface area (Å²) in [5.41, 5.74) is 3.26. The van der Waals surface area contributed by atoms with E-state index in [0.717, 1.165) is 27.3 Å². The van der Waals surface area contributed by atoms with E-state index in [1.807, 2.05) is 48.5 Å². The molecule has 0 heterocycles. The van der Waals surface area contributed by atoms with E-state index in [1.165, 1.54) is 0 Å². The molecule has 0 fully saturated rings. The van der Waals surface area contributed by atoms with Crippen molar-refractivity contribution in [3.8, 4) is 5.75 Å². The van der Waals surface area contributed by atoms with Crippen LogP contribution in [0.5, 0.6) is 5.75 Å². The summed E-state index contributed by atoms with van der Waals surface area (Å²) in [6, 6.07) is 26.7. The fourth-order valence-corrected chi connectivity index (χ4v) is 2.86. The summed E-state index contributed by atoms with van der Waals surface area (Å²) in [6.45, 7) is 0. The van der Waals surface area contributed by atoms with Crippen LogP contribution in [0.15, 0.2) is 83.3 Å². The fraction of sp³-hybridized carbons (Fsp3) is 0.0526. The molecule has 110 valence electrons. The van der Waals surface area contributed by atoms with Gasteiger partial charge in [-0.1, -0.05) is 52.3 Å². The lowest BCUT2D eigenvalue weighted by molar-refractivity contribution is 0.414. The molecule has 0 aliphatic carbocycles. The Morgan fingerprint density at radius 1 is 0.727 bits per heavy atom. The number of rotatable bonds is 4. The van der Waals surface area contributed by atoms with Gasteiger partial charge in [0, 0.05) is 21.9 Å². The molecular weight excluding hydrogens is 338 g/mol. The Morgan fingerprint density at radius 2 is 1.27 bits per heavy atom. The van der Waals surface area contributed by atoms with Crippen molar-refractivity contribution >= 4 is 33.0 Å². The van der Waals surface area contributed by atoms with Crippen molar-refractivity contribution in [3.05, 3.63) is 83.3 Å². The van der Waals surface area contributed by atoms with E-state index < -0.39 is 0 Å². The average Bonchev–Trinajstić information content (AvgIpc) is 2.56. The summed E-state index contributed by atoms with van der Waals surface area (Å²) < 4.78 is 6.39. The molecule has 3 heteroatoms. The highest BCUT2D eigenvalue weighted by molar-refractivity contribution is 9.10. The molecule has 3 rings (SSSR count). The van der Waals surface area contributed by atoms with Crippen LogP contribution in [-0.4, -0.2) is 7.11 Å². The Bertz CT molecular complexity index is 704. The SMILES string of the molecule is COc1cc(Br)cc(N(c2ccccc2)c2ccccc2)c1. The van der Waals surface area contributed by atoms with Gasteiger partial charge in [-0.3, -0.25) is 0 Å². The summed E-state index contributed by atoms with van der Waals surface area (Å²) in [5.74, 6) is 0.821. The molecule has 2 nitrogen and oxygen atoms in total. The number of methoxy groups -OCH3 is 1. The highest BCUT2D eigenvalue weighted by Crippen LogP contribution is 2.37. The topological polar surface area (TPSA) is 12.5 Å². The summed E-state index contributed by atoms with van der Waals surface area (Å²) in [6.07, 6.45) is 0. The van der Waals surface area contributed by atoms with Gasteiger partial charge in [0.1, 0.15) is 5.75 Å². The maximum absolute atomic E-state index is 5.40. The first kappa shape index (κ1) is 14.7. The molecule has 3 aromatic rings. The average molecular weight is 354 g/mol. The molecule has 0 spiro atoms. The van der Waals surface area contributed by atoms with Gasteiger partial charge in [0.25, 0.3) is 0 Å². The lowest BCUT2D eigenvalue weighted by Gasteiger charge is -2.26. The van der Waals surface area contributed by atoms with E-state index in [0.29, 0.717) is 0 Å². The second-order valence-corrected chi connectivity index (χ2v) is 5.77. The molecule has 0 aliphatic heterocycles. The molecule has 0 bridgehead atoms. The zero-order chi connectivity index (χ0) is 15.4. The summed E-state index contributed by atoms with van der Waals surface area (Å²) in [5, 5.41) is 0. The predicted molar refractivity (Wildman–Crippen MR) is 95.4 cm³/mol. The van der Waals surface area contributed by atoms with Crippen molar-refractivity contribution in [2.75, 3.05) is 12.0 Å². The highest BCUT2D eigenvalue weighted by Gasteiger charge is 2.13. The van der Waals surface area contributed by atoms with Crippen molar-refractivity contribution in [1.29, 1.82) is 0 Å². The number of hydrogen-bond acceptors (Lipinski definition) is 2. The van der Waals surface area contributed by atoms with Crippen LogP contribution in [0.1, 0.15) is 0 Å². The second kappa shape index (κ2) is 6.67. The molecule has 3 aromatic carbocycles. The van der Waals surface area contributed by atoms with Crippen molar-refractivity contribution in [1.82, 2.24) is 0 Å². The number of anilines is 3. The number of hydrogen-bond donors (Lipinski definition) is 0. The highest BCUT2D eigenvalue weighted by atomic mass is 79.9. The zero-order valence-corrected chi connectivity index (χ0v) is 13.8. The van der Waals surface area contributed by atoms with Crippen LogP contribution >= 0.6 is 15.9 Å². The number of benzene rings is 3. The molecule has 0 saturated heterocycles. The van der Waals surface area contributed by atoms with Crippen LogP contribution < -0.4 is 9.64 Å². The van der Waals surface area contributed by atoms with Gasteiger partial charge in [-0.2, -0.15) is 0 Å². The number of ether oxygens (including phenoxy) is 1. The minimum absolute atomic E-state index is 0.821. The van der Waals surface area contributed by atoms with Crippen molar-refractivity contribution in [2.24, 2.45) is 0 Å². The third kappa shape index (κ3) is 3.15. The molecule has 0 N–H and O–H groups in total. The Hall–Kier alpha value is -2.26. The Kier molecular flexibility index (Phi) is 4.45. The summed E-state index contributed by atoms with van der Waals surface area (Å²) in [7, 11) is 1.68. The maximum atomic E-state index is 5.40. The van der Waals surface area contributed by atoms with Crippen LogP contribution in [0, 0.1) is 0 Å². The van der Waals surface area contributed by atoms with Gasteiger partial charge in [0.2, 0.25) is 0 Å².